The lowest BCUT2D eigenvalue weighted by atomic mass is 9.87. The first-order valence-corrected chi connectivity index (χ1v) is 10.3. The van der Waals surface area contributed by atoms with Crippen LogP contribution in [0.15, 0.2) is 12.1 Å². The van der Waals surface area contributed by atoms with Gasteiger partial charge in [0.05, 0.1) is 5.69 Å². The largest absolute Gasteiger partial charge is 0.370 e. The summed E-state index contributed by atoms with van der Waals surface area (Å²) in [6.45, 7) is 12.8. The molecule has 0 radical (unpaired) electrons. The van der Waals surface area contributed by atoms with E-state index in [1.807, 2.05) is 0 Å². The summed E-state index contributed by atoms with van der Waals surface area (Å²) in [6.07, 6.45) is 11.1. The first kappa shape index (κ1) is 18.8. The third kappa shape index (κ3) is 4.38. The van der Waals surface area contributed by atoms with Gasteiger partial charge in [-0.3, -0.25) is 4.40 Å². The highest BCUT2D eigenvalue weighted by molar-refractivity contribution is 5.59. The topological polar surface area (TPSA) is 33.7 Å². The molecule has 1 aliphatic rings. The molecule has 2 heterocycles. The third-order valence-corrected chi connectivity index (χ3v) is 5.56. The van der Waals surface area contributed by atoms with Gasteiger partial charge in [-0.25, -0.2) is 11.6 Å². The van der Waals surface area contributed by atoms with Gasteiger partial charge < -0.3 is 10.2 Å². The summed E-state index contributed by atoms with van der Waals surface area (Å²) >= 11 is 0. The van der Waals surface area contributed by atoms with Crippen molar-refractivity contribution < 1.29 is 0 Å². The van der Waals surface area contributed by atoms with E-state index in [0.717, 1.165) is 31.5 Å². The van der Waals surface area contributed by atoms with Crippen LogP contribution in [0.1, 0.15) is 80.7 Å². The van der Waals surface area contributed by atoms with E-state index in [1.165, 1.54) is 61.3 Å². The molecule has 1 N–H and O–H groups in total. The minimum Gasteiger partial charge on any atom is -0.370 e. The molecule has 0 saturated heterocycles. The minimum absolute atomic E-state index is 0.601. The molecular weight excluding hydrogens is 320 g/mol. The van der Waals surface area contributed by atoms with Gasteiger partial charge in [0.25, 0.3) is 0 Å². The molecule has 0 atom stereocenters. The van der Waals surface area contributed by atoms with Crippen molar-refractivity contribution in [2.45, 2.75) is 77.6 Å². The second kappa shape index (κ2) is 9.07. The number of fused-ring (bicyclic) bond motifs is 1. The highest BCUT2D eigenvalue weighted by atomic mass is 15.1. The Morgan fingerprint density at radius 3 is 2.65 bits per heavy atom. The Bertz CT molecular complexity index is 763. The van der Waals surface area contributed by atoms with Gasteiger partial charge in [0.1, 0.15) is 11.5 Å². The van der Waals surface area contributed by atoms with E-state index in [0.29, 0.717) is 12.5 Å². The molecule has 0 spiro atoms. The number of nitrogens with one attached hydrogen (secondary N) is 1. The van der Waals surface area contributed by atoms with Crippen molar-refractivity contribution in [1.82, 2.24) is 9.38 Å². The molecule has 4 nitrogen and oxygen atoms in total. The molecule has 0 unspecified atom stereocenters. The molecule has 2 aromatic rings. The summed E-state index contributed by atoms with van der Waals surface area (Å²) in [7, 11) is 0. The maximum Gasteiger partial charge on any atom is 0.214 e. The number of unbranched alkanes of at least 4 members (excludes halogenated alkanes) is 3. The van der Waals surface area contributed by atoms with Gasteiger partial charge in [-0.15, -0.1) is 0 Å². The van der Waals surface area contributed by atoms with Gasteiger partial charge >= 0.3 is 0 Å². The molecule has 0 aliphatic heterocycles. The minimum atomic E-state index is 0.601. The Balaban J connectivity index is 1.76. The average Bonchev–Trinajstić information content (AvgIpc) is 3.00. The predicted molar refractivity (Wildman–Crippen MR) is 109 cm³/mol. The van der Waals surface area contributed by atoms with E-state index in [1.54, 1.807) is 0 Å². The van der Waals surface area contributed by atoms with Crippen LogP contribution in [0.3, 0.4) is 0 Å². The van der Waals surface area contributed by atoms with E-state index < -0.39 is 0 Å². The van der Waals surface area contributed by atoms with Gasteiger partial charge in [0.15, 0.2) is 0 Å². The molecule has 0 amide bonds. The number of hydrogen-bond donors (Lipinski definition) is 1. The fourth-order valence-electron chi connectivity index (χ4n) is 4.26. The molecule has 2 aromatic heterocycles. The lowest BCUT2D eigenvalue weighted by Crippen LogP contribution is -2.11. The van der Waals surface area contributed by atoms with Crippen LogP contribution >= 0.6 is 0 Å². The number of nitrogens with zero attached hydrogens (tertiary/aromatic N) is 3. The highest BCUT2D eigenvalue weighted by Gasteiger charge is 2.23. The molecule has 4 heteroatoms. The zero-order chi connectivity index (χ0) is 18.4. The molecule has 0 bridgehead atoms. The van der Waals surface area contributed by atoms with Crippen LogP contribution in [0.25, 0.3) is 10.5 Å². The van der Waals surface area contributed by atoms with E-state index >= 15 is 0 Å². The van der Waals surface area contributed by atoms with Crippen molar-refractivity contribution in [3.8, 4) is 0 Å². The number of pyridine rings is 1. The Hall–Kier alpha value is -2.02. The van der Waals surface area contributed by atoms with Gasteiger partial charge in [0.2, 0.25) is 6.54 Å². The smallest absolute Gasteiger partial charge is 0.214 e. The standard InChI is InChI=1S/C22H32N4/c1-17-15-18(2)26-20(16-17)25-21(19-11-7-6-8-12-19)22(26)24-14-10-5-4-9-13-23-3/h15-16,19,24H,4-14H2,1-2H3. The lowest BCUT2D eigenvalue weighted by molar-refractivity contribution is 0.438. The second-order valence-corrected chi connectivity index (χ2v) is 7.77. The van der Waals surface area contributed by atoms with Crippen LogP contribution < -0.4 is 5.32 Å². The fraction of sp³-hybridized carbons (Fsp3) is 0.636. The highest BCUT2D eigenvalue weighted by Crippen LogP contribution is 2.37. The third-order valence-electron chi connectivity index (χ3n) is 5.56. The van der Waals surface area contributed by atoms with Crippen molar-refractivity contribution >= 4 is 11.5 Å². The second-order valence-electron chi connectivity index (χ2n) is 7.77. The maximum atomic E-state index is 6.85. The molecule has 26 heavy (non-hydrogen) atoms. The Kier molecular flexibility index (Phi) is 6.55. The van der Waals surface area contributed by atoms with Gasteiger partial charge in [-0.05, 0) is 57.2 Å². The van der Waals surface area contributed by atoms with E-state index in [-0.39, 0.29) is 0 Å². The Labute approximate surface area is 157 Å². The zero-order valence-corrected chi connectivity index (χ0v) is 16.4. The molecule has 1 saturated carbocycles. The van der Waals surface area contributed by atoms with Crippen molar-refractivity contribution in [2.24, 2.45) is 0 Å². The molecule has 0 aromatic carbocycles. The number of anilines is 1. The zero-order valence-electron chi connectivity index (χ0n) is 16.4. The number of imidazole rings is 1. The summed E-state index contributed by atoms with van der Waals surface area (Å²) in [6, 6.07) is 4.45. The van der Waals surface area contributed by atoms with Crippen molar-refractivity contribution in [3.63, 3.8) is 0 Å². The van der Waals surface area contributed by atoms with Crippen LogP contribution in [-0.4, -0.2) is 22.5 Å². The van der Waals surface area contributed by atoms with Crippen LogP contribution in [0.2, 0.25) is 0 Å². The number of aromatic nitrogens is 2. The summed E-state index contributed by atoms with van der Waals surface area (Å²) in [4.78, 5) is 8.50. The van der Waals surface area contributed by atoms with Gasteiger partial charge in [0, 0.05) is 24.6 Å². The Morgan fingerprint density at radius 1 is 1.12 bits per heavy atom. The molecule has 3 rings (SSSR count). The van der Waals surface area contributed by atoms with Gasteiger partial charge in [-0.1, -0.05) is 25.7 Å². The fourth-order valence-corrected chi connectivity index (χ4v) is 4.26. The number of aryl methyl sites for hydroxylation is 2. The monoisotopic (exact) mass is 352 g/mol. The number of rotatable bonds is 8. The van der Waals surface area contributed by atoms with Gasteiger partial charge in [-0.2, -0.15) is 0 Å². The van der Waals surface area contributed by atoms with E-state index in [9.17, 15) is 0 Å². The molecule has 1 aliphatic carbocycles. The average molecular weight is 353 g/mol. The summed E-state index contributed by atoms with van der Waals surface area (Å²) in [5.74, 6) is 1.83. The summed E-state index contributed by atoms with van der Waals surface area (Å²) in [5.41, 5.74) is 4.91. The van der Waals surface area contributed by atoms with Crippen LogP contribution in [0.4, 0.5) is 5.82 Å². The van der Waals surface area contributed by atoms with Crippen molar-refractivity contribution in [3.05, 3.63) is 40.5 Å². The molecular formula is C22H32N4. The Morgan fingerprint density at radius 2 is 1.88 bits per heavy atom. The lowest BCUT2D eigenvalue weighted by Gasteiger charge is -2.21. The number of hydrogen-bond acceptors (Lipinski definition) is 2. The van der Waals surface area contributed by atoms with Crippen LogP contribution in [0, 0.1) is 20.4 Å². The molecule has 140 valence electrons. The first-order chi connectivity index (χ1) is 12.7. The normalized spacial score (nSPS) is 15.3. The summed E-state index contributed by atoms with van der Waals surface area (Å²) in [5, 5.41) is 3.72. The van der Waals surface area contributed by atoms with Crippen molar-refractivity contribution in [2.75, 3.05) is 18.4 Å². The van der Waals surface area contributed by atoms with E-state index in [4.69, 9.17) is 11.6 Å². The predicted octanol–water partition coefficient (Wildman–Crippen LogP) is 5.89. The summed E-state index contributed by atoms with van der Waals surface area (Å²) < 4.78 is 2.32. The van der Waals surface area contributed by atoms with Crippen molar-refractivity contribution in [1.29, 1.82) is 0 Å². The van der Waals surface area contributed by atoms with Crippen LogP contribution in [-0.2, 0) is 0 Å². The van der Waals surface area contributed by atoms with Crippen LogP contribution in [0.5, 0.6) is 0 Å². The molecule has 1 fully saturated rings. The first-order valence-electron chi connectivity index (χ1n) is 10.3. The quantitative estimate of drug-likeness (QED) is 0.475. The van der Waals surface area contributed by atoms with E-state index in [2.05, 4.69) is 40.5 Å². The maximum absolute atomic E-state index is 6.85. The SMILES string of the molecule is [C-]#[N+]CCCCCCNc1c(C2CCCCC2)nc2cc(C)cc(C)n12.